The maximum absolute atomic E-state index is 13.2. The van der Waals surface area contributed by atoms with Crippen LogP contribution < -0.4 is 10.0 Å². The lowest BCUT2D eigenvalue weighted by molar-refractivity contribution is 0.327. The minimum absolute atomic E-state index is 0.0188. The maximum atomic E-state index is 13.2. The summed E-state index contributed by atoms with van der Waals surface area (Å²) in [6, 6.07) is 3.66. The first-order chi connectivity index (χ1) is 8.90. The van der Waals surface area contributed by atoms with E-state index in [0.717, 1.165) is 19.0 Å². The zero-order valence-corrected chi connectivity index (χ0v) is 11.9. The highest BCUT2D eigenvalue weighted by Crippen LogP contribution is 2.19. The standard InChI is InChI=1S/C13H19FN2O2S/c1-9-5-6-15-8-12(9)16-19(17,18)13-7-11(14)4-3-10(13)2/h3-4,7,9,12,15-16H,5-6,8H2,1-2H3/t9-,12+/m0/s1. The molecule has 1 aliphatic rings. The van der Waals surface area contributed by atoms with Crippen molar-refractivity contribution in [3.63, 3.8) is 0 Å². The molecule has 6 heteroatoms. The molecule has 0 aliphatic carbocycles. The second-order valence-corrected chi connectivity index (χ2v) is 6.79. The molecule has 2 N–H and O–H groups in total. The van der Waals surface area contributed by atoms with Gasteiger partial charge < -0.3 is 5.32 Å². The smallest absolute Gasteiger partial charge is 0.241 e. The summed E-state index contributed by atoms with van der Waals surface area (Å²) >= 11 is 0. The van der Waals surface area contributed by atoms with Gasteiger partial charge in [-0.25, -0.2) is 17.5 Å². The topological polar surface area (TPSA) is 58.2 Å². The van der Waals surface area contributed by atoms with E-state index in [9.17, 15) is 12.8 Å². The number of rotatable bonds is 3. The van der Waals surface area contributed by atoms with Crippen LogP contribution in [0.4, 0.5) is 4.39 Å². The minimum Gasteiger partial charge on any atom is -0.315 e. The highest BCUT2D eigenvalue weighted by atomic mass is 32.2. The van der Waals surface area contributed by atoms with Crippen molar-refractivity contribution in [3.05, 3.63) is 29.6 Å². The zero-order chi connectivity index (χ0) is 14.0. The van der Waals surface area contributed by atoms with E-state index in [1.165, 1.54) is 12.1 Å². The van der Waals surface area contributed by atoms with Crippen molar-refractivity contribution in [2.75, 3.05) is 13.1 Å². The quantitative estimate of drug-likeness (QED) is 0.883. The maximum Gasteiger partial charge on any atom is 0.241 e. The largest absolute Gasteiger partial charge is 0.315 e. The van der Waals surface area contributed by atoms with Crippen LogP contribution >= 0.6 is 0 Å². The lowest BCUT2D eigenvalue weighted by atomic mass is 9.96. The van der Waals surface area contributed by atoms with E-state index in [1.807, 2.05) is 6.92 Å². The van der Waals surface area contributed by atoms with Gasteiger partial charge in [-0.2, -0.15) is 0 Å². The second kappa shape index (κ2) is 5.56. The van der Waals surface area contributed by atoms with Gasteiger partial charge in [0.05, 0.1) is 4.90 Å². The Morgan fingerprint density at radius 1 is 1.42 bits per heavy atom. The number of hydrogen-bond acceptors (Lipinski definition) is 3. The molecule has 0 radical (unpaired) electrons. The molecular formula is C13H19FN2O2S. The number of benzene rings is 1. The monoisotopic (exact) mass is 286 g/mol. The fourth-order valence-electron chi connectivity index (χ4n) is 2.27. The van der Waals surface area contributed by atoms with Gasteiger partial charge in [0, 0.05) is 12.6 Å². The van der Waals surface area contributed by atoms with Gasteiger partial charge in [-0.3, -0.25) is 0 Å². The summed E-state index contributed by atoms with van der Waals surface area (Å²) in [7, 11) is -3.68. The van der Waals surface area contributed by atoms with Crippen molar-refractivity contribution in [1.29, 1.82) is 0 Å². The molecule has 106 valence electrons. The molecular weight excluding hydrogens is 267 g/mol. The van der Waals surface area contributed by atoms with Crippen LogP contribution in [0.15, 0.2) is 23.1 Å². The minimum atomic E-state index is -3.68. The zero-order valence-electron chi connectivity index (χ0n) is 11.1. The Balaban J connectivity index is 2.24. The van der Waals surface area contributed by atoms with Gasteiger partial charge in [-0.1, -0.05) is 13.0 Å². The van der Waals surface area contributed by atoms with Crippen LogP contribution in [0, 0.1) is 18.7 Å². The van der Waals surface area contributed by atoms with Gasteiger partial charge in [0.2, 0.25) is 10.0 Å². The van der Waals surface area contributed by atoms with Crippen molar-refractivity contribution in [3.8, 4) is 0 Å². The van der Waals surface area contributed by atoms with E-state index >= 15 is 0 Å². The van der Waals surface area contributed by atoms with Gasteiger partial charge in [0.1, 0.15) is 5.82 Å². The molecule has 0 saturated carbocycles. The fraction of sp³-hybridized carbons (Fsp3) is 0.538. The van der Waals surface area contributed by atoms with Gasteiger partial charge in [0.15, 0.2) is 0 Å². The van der Waals surface area contributed by atoms with Gasteiger partial charge >= 0.3 is 0 Å². The first kappa shape index (κ1) is 14.4. The lowest BCUT2D eigenvalue weighted by Gasteiger charge is -2.30. The summed E-state index contributed by atoms with van der Waals surface area (Å²) in [5.41, 5.74) is 0.547. The first-order valence-corrected chi connectivity index (χ1v) is 7.87. The summed E-state index contributed by atoms with van der Waals surface area (Å²) in [6.45, 7) is 5.19. The van der Waals surface area contributed by atoms with Crippen LogP contribution in [0.1, 0.15) is 18.9 Å². The van der Waals surface area contributed by atoms with E-state index in [4.69, 9.17) is 0 Å². The fourth-order valence-corrected chi connectivity index (χ4v) is 3.87. The highest BCUT2D eigenvalue weighted by molar-refractivity contribution is 7.89. The van der Waals surface area contributed by atoms with E-state index in [-0.39, 0.29) is 16.9 Å². The average molecular weight is 286 g/mol. The molecule has 0 amide bonds. The third-order valence-corrected chi connectivity index (χ3v) is 5.21. The van der Waals surface area contributed by atoms with Gasteiger partial charge in [-0.15, -0.1) is 0 Å². The molecule has 1 heterocycles. The number of aryl methyl sites for hydroxylation is 1. The van der Waals surface area contributed by atoms with Crippen LogP contribution in [-0.2, 0) is 10.0 Å². The van der Waals surface area contributed by atoms with Gasteiger partial charge in [-0.05, 0) is 43.5 Å². The van der Waals surface area contributed by atoms with Crippen molar-refractivity contribution < 1.29 is 12.8 Å². The number of piperidine rings is 1. The summed E-state index contributed by atoms with van der Waals surface area (Å²) in [5.74, 6) is -0.273. The van der Waals surface area contributed by atoms with Crippen molar-refractivity contribution in [2.24, 2.45) is 5.92 Å². The molecule has 1 fully saturated rings. The van der Waals surface area contributed by atoms with E-state index in [0.29, 0.717) is 12.1 Å². The van der Waals surface area contributed by atoms with Crippen LogP contribution in [0.25, 0.3) is 0 Å². The van der Waals surface area contributed by atoms with Crippen LogP contribution in [0.5, 0.6) is 0 Å². The third kappa shape index (κ3) is 3.32. The molecule has 0 unspecified atom stereocenters. The molecule has 4 nitrogen and oxygen atoms in total. The summed E-state index contributed by atoms with van der Waals surface area (Å²) in [6.07, 6.45) is 0.926. The predicted molar refractivity (Wildman–Crippen MR) is 71.9 cm³/mol. The number of sulfonamides is 1. The molecule has 1 aromatic carbocycles. The Labute approximate surface area is 113 Å². The SMILES string of the molecule is Cc1ccc(F)cc1S(=O)(=O)N[C@@H]1CNCC[C@@H]1C. The van der Waals surface area contributed by atoms with Crippen molar-refractivity contribution in [2.45, 2.75) is 31.2 Å². The molecule has 1 aromatic rings. The predicted octanol–water partition coefficient (Wildman–Crippen LogP) is 1.41. The first-order valence-electron chi connectivity index (χ1n) is 6.39. The second-order valence-electron chi connectivity index (χ2n) is 5.11. The summed E-state index contributed by atoms with van der Waals surface area (Å²) < 4.78 is 40.5. The van der Waals surface area contributed by atoms with Crippen LogP contribution in [-0.4, -0.2) is 27.5 Å². The van der Waals surface area contributed by atoms with E-state index in [1.54, 1.807) is 6.92 Å². The van der Waals surface area contributed by atoms with Crippen LogP contribution in [0.3, 0.4) is 0 Å². The van der Waals surface area contributed by atoms with E-state index in [2.05, 4.69) is 10.0 Å². The normalized spacial score (nSPS) is 24.4. The van der Waals surface area contributed by atoms with Crippen molar-refractivity contribution >= 4 is 10.0 Å². The Morgan fingerprint density at radius 2 is 2.16 bits per heavy atom. The summed E-state index contributed by atoms with van der Waals surface area (Å²) in [5, 5.41) is 3.16. The molecule has 2 atom stereocenters. The number of halogens is 1. The van der Waals surface area contributed by atoms with Gasteiger partial charge in [0.25, 0.3) is 0 Å². The molecule has 1 saturated heterocycles. The Kier molecular flexibility index (Phi) is 4.23. The van der Waals surface area contributed by atoms with E-state index < -0.39 is 15.8 Å². The van der Waals surface area contributed by atoms with Crippen LogP contribution in [0.2, 0.25) is 0 Å². The number of nitrogens with one attached hydrogen (secondary N) is 2. The summed E-state index contributed by atoms with van der Waals surface area (Å²) in [4.78, 5) is 0.0188. The molecule has 0 aromatic heterocycles. The van der Waals surface area contributed by atoms with Crippen molar-refractivity contribution in [1.82, 2.24) is 10.0 Å². The Hall–Kier alpha value is -0.980. The average Bonchev–Trinajstić information content (AvgIpc) is 2.35. The molecule has 19 heavy (non-hydrogen) atoms. The molecule has 0 spiro atoms. The Bertz CT molecular complexity index is 560. The molecule has 1 aliphatic heterocycles. The molecule has 2 rings (SSSR count). The number of hydrogen-bond donors (Lipinski definition) is 2. The lowest BCUT2D eigenvalue weighted by Crippen LogP contribution is -2.50. The molecule has 0 bridgehead atoms. The highest BCUT2D eigenvalue weighted by Gasteiger charge is 2.27. The third-order valence-electron chi connectivity index (χ3n) is 3.57. The Morgan fingerprint density at radius 3 is 2.84 bits per heavy atom.